The van der Waals surface area contributed by atoms with Gasteiger partial charge in [-0.25, -0.2) is 0 Å². The molecule has 2 aromatic carbocycles. The smallest absolute Gasteiger partial charge is 0.255 e. The molecule has 5 heteroatoms. The fourth-order valence-corrected chi connectivity index (χ4v) is 1.82. The maximum absolute atomic E-state index is 12.0. The van der Waals surface area contributed by atoms with Gasteiger partial charge in [-0.1, -0.05) is 15.9 Å². The number of rotatable bonds is 3. The molecule has 1 amide bonds. The molecule has 0 aliphatic rings. The zero-order chi connectivity index (χ0) is 13.8. The number of phenols is 1. The highest BCUT2D eigenvalue weighted by molar-refractivity contribution is 9.10. The van der Waals surface area contributed by atoms with Crippen molar-refractivity contribution in [3.8, 4) is 11.5 Å². The topological polar surface area (TPSA) is 58.6 Å². The Kier molecular flexibility index (Phi) is 4.06. The maximum atomic E-state index is 12.0. The number of aromatic hydroxyl groups is 1. The number of nitrogens with one attached hydrogen (secondary N) is 1. The predicted molar refractivity (Wildman–Crippen MR) is 76.8 cm³/mol. The van der Waals surface area contributed by atoms with Crippen molar-refractivity contribution in [1.82, 2.24) is 0 Å². The minimum absolute atomic E-state index is 0.00249. The van der Waals surface area contributed by atoms with Gasteiger partial charge in [0.2, 0.25) is 0 Å². The zero-order valence-corrected chi connectivity index (χ0v) is 11.8. The third-order valence-electron chi connectivity index (χ3n) is 2.54. The molecule has 98 valence electrons. The number of carbonyl (C=O) groups excluding carboxylic acids is 1. The van der Waals surface area contributed by atoms with Crippen LogP contribution in [0.4, 0.5) is 5.69 Å². The van der Waals surface area contributed by atoms with Gasteiger partial charge in [0.15, 0.2) is 11.5 Å². The molecule has 2 aromatic rings. The van der Waals surface area contributed by atoms with Gasteiger partial charge in [0, 0.05) is 15.7 Å². The van der Waals surface area contributed by atoms with Crippen LogP contribution in [-0.4, -0.2) is 18.1 Å². The molecular formula is C14H12BrNO3. The van der Waals surface area contributed by atoms with Crippen LogP contribution in [-0.2, 0) is 0 Å². The Morgan fingerprint density at radius 2 is 1.89 bits per heavy atom. The predicted octanol–water partition coefficient (Wildman–Crippen LogP) is 3.42. The third kappa shape index (κ3) is 3.26. The maximum Gasteiger partial charge on any atom is 0.255 e. The van der Waals surface area contributed by atoms with Gasteiger partial charge in [0.25, 0.3) is 5.91 Å². The fourth-order valence-electron chi connectivity index (χ4n) is 1.56. The Labute approximate surface area is 119 Å². The van der Waals surface area contributed by atoms with Gasteiger partial charge in [0.1, 0.15) is 0 Å². The molecule has 2 N–H and O–H groups in total. The van der Waals surface area contributed by atoms with Gasteiger partial charge >= 0.3 is 0 Å². The number of phenolic OH excluding ortho intramolecular Hbond substituents is 1. The Hall–Kier alpha value is -2.01. The molecule has 0 atom stereocenters. The molecule has 0 spiro atoms. The Morgan fingerprint density at radius 3 is 2.53 bits per heavy atom. The number of benzene rings is 2. The molecule has 2 rings (SSSR count). The Balaban J connectivity index is 2.18. The summed E-state index contributed by atoms with van der Waals surface area (Å²) >= 11 is 3.33. The molecule has 0 fully saturated rings. The molecule has 0 heterocycles. The third-order valence-corrected chi connectivity index (χ3v) is 3.07. The summed E-state index contributed by atoms with van der Waals surface area (Å²) < 4.78 is 5.91. The molecule has 0 saturated heterocycles. The summed E-state index contributed by atoms with van der Waals surface area (Å²) in [6.45, 7) is 0. The average molecular weight is 322 g/mol. The number of carbonyl (C=O) groups is 1. The summed E-state index contributed by atoms with van der Waals surface area (Å²) in [6, 6.07) is 11.7. The molecule has 0 saturated carbocycles. The highest BCUT2D eigenvalue weighted by Gasteiger charge is 2.09. The molecule has 0 radical (unpaired) electrons. The fraction of sp³-hybridized carbons (Fsp3) is 0.0714. The SMILES string of the molecule is COc1cc(C(=O)Nc2ccc(Br)cc2)ccc1O. The van der Waals surface area contributed by atoms with Crippen molar-refractivity contribution in [3.63, 3.8) is 0 Å². The summed E-state index contributed by atoms with van der Waals surface area (Å²) in [4.78, 5) is 12.0. The van der Waals surface area contributed by atoms with E-state index in [1.807, 2.05) is 12.1 Å². The van der Waals surface area contributed by atoms with Gasteiger partial charge in [-0.15, -0.1) is 0 Å². The first kappa shape index (κ1) is 13.4. The summed E-state index contributed by atoms with van der Waals surface area (Å²) in [6.07, 6.45) is 0. The van der Waals surface area contributed by atoms with Crippen LogP contribution >= 0.6 is 15.9 Å². The summed E-state index contributed by atoms with van der Waals surface area (Å²) in [7, 11) is 1.44. The van der Waals surface area contributed by atoms with E-state index in [0.717, 1.165) is 4.47 Å². The molecule has 0 aromatic heterocycles. The highest BCUT2D eigenvalue weighted by Crippen LogP contribution is 2.26. The largest absolute Gasteiger partial charge is 0.504 e. The van der Waals surface area contributed by atoms with Crippen LogP contribution in [0.2, 0.25) is 0 Å². The quantitative estimate of drug-likeness (QED) is 0.910. The first-order valence-electron chi connectivity index (χ1n) is 5.54. The molecule has 0 bridgehead atoms. The van der Waals surface area contributed by atoms with Crippen LogP contribution in [0.1, 0.15) is 10.4 Å². The molecule has 0 aliphatic heterocycles. The van der Waals surface area contributed by atoms with E-state index in [-0.39, 0.29) is 17.4 Å². The normalized spacial score (nSPS) is 10.0. The number of hydrogen-bond acceptors (Lipinski definition) is 3. The van der Waals surface area contributed by atoms with Gasteiger partial charge in [-0.3, -0.25) is 4.79 Å². The average Bonchev–Trinajstić information content (AvgIpc) is 2.42. The summed E-state index contributed by atoms with van der Waals surface area (Å²) in [5.74, 6) is 0.00627. The first-order valence-corrected chi connectivity index (χ1v) is 6.33. The van der Waals surface area contributed by atoms with Crippen molar-refractivity contribution in [1.29, 1.82) is 0 Å². The van der Waals surface area contributed by atoms with Crippen LogP contribution in [0.3, 0.4) is 0 Å². The number of halogens is 1. The molecule has 4 nitrogen and oxygen atoms in total. The zero-order valence-electron chi connectivity index (χ0n) is 10.2. The number of hydrogen-bond donors (Lipinski definition) is 2. The lowest BCUT2D eigenvalue weighted by Crippen LogP contribution is -2.11. The van der Waals surface area contributed by atoms with Crippen molar-refractivity contribution in [2.24, 2.45) is 0 Å². The van der Waals surface area contributed by atoms with Crippen LogP contribution in [0.25, 0.3) is 0 Å². The standard InChI is InChI=1S/C14H12BrNO3/c1-19-13-8-9(2-7-12(13)17)14(18)16-11-5-3-10(15)4-6-11/h2-8,17H,1H3,(H,16,18). The van der Waals surface area contributed by atoms with Gasteiger partial charge < -0.3 is 15.2 Å². The van der Waals surface area contributed by atoms with Crippen molar-refractivity contribution >= 4 is 27.5 Å². The Bertz CT molecular complexity index is 596. The van der Waals surface area contributed by atoms with Crippen LogP contribution in [0, 0.1) is 0 Å². The van der Waals surface area contributed by atoms with Gasteiger partial charge in [0.05, 0.1) is 7.11 Å². The number of ether oxygens (including phenoxy) is 1. The Morgan fingerprint density at radius 1 is 1.21 bits per heavy atom. The van der Waals surface area contributed by atoms with Crippen molar-refractivity contribution in [3.05, 3.63) is 52.5 Å². The minimum Gasteiger partial charge on any atom is -0.504 e. The molecule has 19 heavy (non-hydrogen) atoms. The van der Waals surface area contributed by atoms with E-state index in [1.54, 1.807) is 12.1 Å². The van der Waals surface area contributed by atoms with Crippen LogP contribution in [0.5, 0.6) is 11.5 Å². The van der Waals surface area contributed by atoms with E-state index in [9.17, 15) is 9.90 Å². The van der Waals surface area contributed by atoms with E-state index in [4.69, 9.17) is 4.74 Å². The second kappa shape index (κ2) is 5.75. The van der Waals surface area contributed by atoms with Crippen molar-refractivity contribution in [2.75, 3.05) is 12.4 Å². The van der Waals surface area contributed by atoms with Crippen LogP contribution in [0.15, 0.2) is 46.9 Å². The van der Waals surface area contributed by atoms with E-state index >= 15 is 0 Å². The van der Waals surface area contributed by atoms with E-state index in [0.29, 0.717) is 11.3 Å². The van der Waals surface area contributed by atoms with E-state index in [1.165, 1.54) is 25.3 Å². The second-order valence-electron chi connectivity index (χ2n) is 3.85. The summed E-state index contributed by atoms with van der Waals surface area (Å²) in [5.41, 5.74) is 1.11. The van der Waals surface area contributed by atoms with Crippen LogP contribution < -0.4 is 10.1 Å². The lowest BCUT2D eigenvalue weighted by molar-refractivity contribution is 0.102. The molecular weight excluding hydrogens is 310 g/mol. The number of amides is 1. The molecule has 0 aliphatic carbocycles. The number of methoxy groups -OCH3 is 1. The van der Waals surface area contributed by atoms with Gasteiger partial charge in [-0.2, -0.15) is 0 Å². The summed E-state index contributed by atoms with van der Waals surface area (Å²) in [5, 5.41) is 12.2. The van der Waals surface area contributed by atoms with E-state index < -0.39 is 0 Å². The highest BCUT2D eigenvalue weighted by atomic mass is 79.9. The van der Waals surface area contributed by atoms with Crippen molar-refractivity contribution in [2.45, 2.75) is 0 Å². The van der Waals surface area contributed by atoms with Gasteiger partial charge in [-0.05, 0) is 42.5 Å². The number of anilines is 1. The second-order valence-corrected chi connectivity index (χ2v) is 4.76. The first-order chi connectivity index (χ1) is 9.10. The monoisotopic (exact) mass is 321 g/mol. The lowest BCUT2D eigenvalue weighted by atomic mass is 10.2. The van der Waals surface area contributed by atoms with Crippen molar-refractivity contribution < 1.29 is 14.6 Å². The molecule has 0 unspecified atom stereocenters. The lowest BCUT2D eigenvalue weighted by Gasteiger charge is -2.08. The van der Waals surface area contributed by atoms with E-state index in [2.05, 4.69) is 21.2 Å². The minimum atomic E-state index is -0.263.